The zero-order chi connectivity index (χ0) is 14.3. The van der Waals surface area contributed by atoms with Gasteiger partial charge in [-0.3, -0.25) is 4.90 Å². The molecular weight excluding hydrogens is 259 g/mol. The highest BCUT2D eigenvalue weighted by molar-refractivity contribution is 5.06. The molecule has 0 radical (unpaired) electrons. The molecule has 19 heavy (non-hydrogen) atoms. The molecule has 2 aliphatic rings. The van der Waals surface area contributed by atoms with Gasteiger partial charge in [-0.15, -0.1) is 0 Å². The lowest BCUT2D eigenvalue weighted by Crippen LogP contribution is -2.54. The summed E-state index contributed by atoms with van der Waals surface area (Å²) in [6.07, 6.45) is -2.62. The van der Waals surface area contributed by atoms with Crippen LogP contribution in [0.25, 0.3) is 0 Å². The van der Waals surface area contributed by atoms with Crippen LogP contribution in [0, 0.1) is 5.92 Å². The average Bonchev–Trinajstić information content (AvgIpc) is 3.08. The topological polar surface area (TPSA) is 32.7 Å². The third kappa shape index (κ3) is 3.06. The van der Waals surface area contributed by atoms with Crippen LogP contribution in [0.4, 0.5) is 13.2 Å². The summed E-state index contributed by atoms with van der Waals surface area (Å²) in [6, 6.07) is -0.638. The van der Waals surface area contributed by atoms with Gasteiger partial charge >= 0.3 is 6.18 Å². The van der Waals surface area contributed by atoms with Crippen LogP contribution in [-0.4, -0.2) is 54.6 Å². The van der Waals surface area contributed by atoms with E-state index < -0.39 is 24.2 Å². The average molecular weight is 281 g/mol. The molecule has 3 atom stereocenters. The highest BCUT2D eigenvalue weighted by atomic mass is 19.4. The molecule has 0 aliphatic heterocycles. The van der Waals surface area contributed by atoms with Crippen molar-refractivity contribution in [3.05, 3.63) is 0 Å². The Morgan fingerprint density at radius 3 is 2.42 bits per heavy atom. The Balaban J connectivity index is 2.13. The minimum atomic E-state index is -4.19. The number of ether oxygens (including phenoxy) is 1. The van der Waals surface area contributed by atoms with Gasteiger partial charge < -0.3 is 9.84 Å². The number of hydrogen-bond donors (Lipinski definition) is 1. The third-order valence-electron chi connectivity index (χ3n) is 4.70. The van der Waals surface area contributed by atoms with Crippen molar-refractivity contribution in [3.63, 3.8) is 0 Å². The maximum Gasteiger partial charge on any atom is 0.393 e. The van der Waals surface area contributed by atoms with Crippen LogP contribution in [0.5, 0.6) is 0 Å². The van der Waals surface area contributed by atoms with E-state index in [2.05, 4.69) is 0 Å². The summed E-state index contributed by atoms with van der Waals surface area (Å²) in [5, 5.41) is 9.70. The molecule has 3 unspecified atom stereocenters. The van der Waals surface area contributed by atoms with E-state index >= 15 is 0 Å². The van der Waals surface area contributed by atoms with Crippen molar-refractivity contribution in [3.8, 4) is 0 Å². The molecule has 0 aromatic heterocycles. The summed E-state index contributed by atoms with van der Waals surface area (Å²) in [7, 11) is 3.32. The fourth-order valence-electron chi connectivity index (χ4n) is 3.30. The number of rotatable bonds is 4. The number of alkyl halides is 3. The van der Waals surface area contributed by atoms with E-state index in [0.717, 1.165) is 12.8 Å². The van der Waals surface area contributed by atoms with E-state index in [0.29, 0.717) is 6.61 Å². The van der Waals surface area contributed by atoms with E-state index in [4.69, 9.17) is 4.74 Å². The predicted octanol–water partition coefficient (Wildman–Crippen LogP) is 2.19. The summed E-state index contributed by atoms with van der Waals surface area (Å²) in [6.45, 7) is 0.459. The minimum Gasteiger partial charge on any atom is -0.393 e. The van der Waals surface area contributed by atoms with Crippen LogP contribution in [0.3, 0.4) is 0 Å². The van der Waals surface area contributed by atoms with Crippen LogP contribution in [0.2, 0.25) is 0 Å². The zero-order valence-corrected chi connectivity index (χ0v) is 11.4. The second-order valence-electron chi connectivity index (χ2n) is 5.95. The summed E-state index contributed by atoms with van der Waals surface area (Å²) >= 11 is 0. The number of methoxy groups -OCH3 is 1. The maximum atomic E-state index is 13.1. The number of aliphatic hydroxyl groups is 1. The summed E-state index contributed by atoms with van der Waals surface area (Å²) in [5.74, 6) is -1.34. The van der Waals surface area contributed by atoms with E-state index in [-0.39, 0.29) is 24.8 Å². The molecule has 0 aromatic rings. The van der Waals surface area contributed by atoms with E-state index in [1.807, 2.05) is 4.90 Å². The van der Waals surface area contributed by atoms with E-state index in [1.165, 1.54) is 0 Å². The number of likely N-dealkylation sites (N-methyl/N-ethyl adjacent to an activating group) is 1. The Bertz CT molecular complexity index is 318. The smallest absolute Gasteiger partial charge is 0.393 e. The zero-order valence-electron chi connectivity index (χ0n) is 11.4. The van der Waals surface area contributed by atoms with Crippen molar-refractivity contribution in [1.82, 2.24) is 4.90 Å². The van der Waals surface area contributed by atoms with Crippen molar-refractivity contribution < 1.29 is 23.0 Å². The molecule has 0 spiro atoms. The Labute approximate surface area is 111 Å². The van der Waals surface area contributed by atoms with Crippen LogP contribution < -0.4 is 0 Å². The molecule has 0 heterocycles. The Hall–Kier alpha value is -0.330. The predicted molar refractivity (Wildman–Crippen MR) is 64.8 cm³/mol. The first kappa shape index (κ1) is 15.1. The monoisotopic (exact) mass is 281 g/mol. The van der Waals surface area contributed by atoms with Gasteiger partial charge in [-0.25, -0.2) is 0 Å². The number of nitrogens with zero attached hydrogens (tertiary/aromatic N) is 1. The number of aliphatic hydroxyl groups excluding tert-OH is 1. The highest BCUT2D eigenvalue weighted by Crippen LogP contribution is 2.48. The van der Waals surface area contributed by atoms with Gasteiger partial charge in [0.25, 0.3) is 0 Å². The van der Waals surface area contributed by atoms with Crippen LogP contribution in [0.1, 0.15) is 32.1 Å². The van der Waals surface area contributed by atoms with Crippen molar-refractivity contribution in [2.24, 2.45) is 5.92 Å². The first-order valence-electron chi connectivity index (χ1n) is 6.77. The fourth-order valence-corrected chi connectivity index (χ4v) is 3.30. The molecule has 0 bridgehead atoms. The first-order valence-corrected chi connectivity index (χ1v) is 6.77. The van der Waals surface area contributed by atoms with Crippen molar-refractivity contribution in [2.75, 3.05) is 20.8 Å². The summed E-state index contributed by atoms with van der Waals surface area (Å²) < 4.78 is 44.5. The molecule has 3 nitrogen and oxygen atoms in total. The Morgan fingerprint density at radius 2 is 1.95 bits per heavy atom. The number of hydrogen-bond acceptors (Lipinski definition) is 3. The second-order valence-corrected chi connectivity index (χ2v) is 5.95. The molecule has 112 valence electrons. The lowest BCUT2D eigenvalue weighted by molar-refractivity contribution is -0.207. The molecule has 1 N–H and O–H groups in total. The molecule has 2 saturated carbocycles. The SMILES string of the molecule is COCC1(N(C)C2CC(O)CCC2C(F)(F)F)CC1. The minimum absolute atomic E-state index is 0.0166. The third-order valence-corrected chi connectivity index (χ3v) is 4.70. The van der Waals surface area contributed by atoms with Gasteiger partial charge in [0, 0.05) is 18.7 Å². The van der Waals surface area contributed by atoms with Crippen molar-refractivity contribution in [2.45, 2.75) is 56.0 Å². The Kier molecular flexibility index (Phi) is 4.14. The van der Waals surface area contributed by atoms with E-state index in [9.17, 15) is 18.3 Å². The summed E-state index contributed by atoms with van der Waals surface area (Å²) in [5.41, 5.74) is -0.250. The van der Waals surface area contributed by atoms with Crippen LogP contribution >= 0.6 is 0 Å². The van der Waals surface area contributed by atoms with Gasteiger partial charge in [0.2, 0.25) is 0 Å². The molecule has 2 fully saturated rings. The van der Waals surface area contributed by atoms with Crippen LogP contribution in [0.15, 0.2) is 0 Å². The lowest BCUT2D eigenvalue weighted by atomic mass is 9.81. The summed E-state index contributed by atoms with van der Waals surface area (Å²) in [4.78, 5) is 1.82. The highest BCUT2D eigenvalue weighted by Gasteiger charge is 2.55. The standard InChI is InChI=1S/C13H22F3NO2/c1-17(12(5-6-12)8-19-2)11-7-9(18)3-4-10(11)13(14,15)16/h9-11,18H,3-8H2,1-2H3. The van der Waals surface area contributed by atoms with Crippen molar-refractivity contribution >= 4 is 0 Å². The van der Waals surface area contributed by atoms with Gasteiger partial charge in [0.1, 0.15) is 0 Å². The lowest BCUT2D eigenvalue weighted by Gasteiger charge is -2.44. The van der Waals surface area contributed by atoms with Gasteiger partial charge in [-0.05, 0) is 39.2 Å². The molecule has 0 amide bonds. The fraction of sp³-hybridized carbons (Fsp3) is 1.00. The maximum absolute atomic E-state index is 13.1. The Morgan fingerprint density at radius 1 is 1.32 bits per heavy atom. The van der Waals surface area contributed by atoms with Gasteiger partial charge in [0.05, 0.1) is 18.6 Å². The molecule has 6 heteroatoms. The first-order chi connectivity index (χ1) is 8.80. The molecule has 0 saturated heterocycles. The normalized spacial score (nSPS) is 34.6. The van der Waals surface area contributed by atoms with E-state index in [1.54, 1.807) is 14.2 Å². The second kappa shape index (κ2) is 5.22. The largest absolute Gasteiger partial charge is 0.393 e. The van der Waals surface area contributed by atoms with Crippen LogP contribution in [-0.2, 0) is 4.74 Å². The number of halogens is 3. The van der Waals surface area contributed by atoms with Gasteiger partial charge in [0.15, 0.2) is 0 Å². The quantitative estimate of drug-likeness (QED) is 0.857. The van der Waals surface area contributed by atoms with Crippen molar-refractivity contribution in [1.29, 1.82) is 0 Å². The molecular formula is C13H22F3NO2. The van der Waals surface area contributed by atoms with Gasteiger partial charge in [-0.1, -0.05) is 0 Å². The van der Waals surface area contributed by atoms with Gasteiger partial charge in [-0.2, -0.15) is 13.2 Å². The molecule has 0 aromatic carbocycles. The molecule has 2 rings (SSSR count). The molecule has 2 aliphatic carbocycles.